The van der Waals surface area contributed by atoms with E-state index in [1.54, 1.807) is 0 Å². The molecule has 1 heterocycles. The molecule has 0 aliphatic heterocycles. The van der Waals surface area contributed by atoms with Gasteiger partial charge < -0.3 is 10.6 Å². The van der Waals surface area contributed by atoms with Gasteiger partial charge in [0.1, 0.15) is 5.82 Å². The first-order chi connectivity index (χ1) is 7.24. The number of fused-ring (bicyclic) bond motifs is 1. The fourth-order valence-electron chi connectivity index (χ4n) is 1.79. The average Bonchev–Trinajstić information content (AvgIpc) is 2.27. The molecule has 0 radical (unpaired) electrons. The fraction of sp³-hybridized carbons (Fsp3) is 0.250. The van der Waals surface area contributed by atoms with Gasteiger partial charge in [0.05, 0.1) is 0 Å². The van der Waals surface area contributed by atoms with E-state index < -0.39 is 0 Å². The van der Waals surface area contributed by atoms with Gasteiger partial charge in [-0.25, -0.2) is 4.98 Å². The normalized spacial score (nSPS) is 10.6. The summed E-state index contributed by atoms with van der Waals surface area (Å²) >= 11 is 0. The summed E-state index contributed by atoms with van der Waals surface area (Å²) in [6, 6.07) is 8.19. The van der Waals surface area contributed by atoms with Crippen LogP contribution in [-0.2, 0) is 6.54 Å². The Morgan fingerprint density at radius 3 is 2.73 bits per heavy atom. The smallest absolute Gasteiger partial charge is 0.136 e. The number of hydrogen-bond donors (Lipinski definition) is 1. The third-order valence-electron chi connectivity index (χ3n) is 2.50. The zero-order chi connectivity index (χ0) is 10.8. The van der Waals surface area contributed by atoms with Crippen LogP contribution >= 0.6 is 0 Å². The highest BCUT2D eigenvalue weighted by atomic mass is 15.1. The zero-order valence-corrected chi connectivity index (χ0v) is 9.07. The van der Waals surface area contributed by atoms with Crippen molar-refractivity contribution < 1.29 is 0 Å². The molecule has 3 nitrogen and oxygen atoms in total. The Bertz CT molecular complexity index is 472. The van der Waals surface area contributed by atoms with E-state index >= 15 is 0 Å². The molecule has 2 aromatic rings. The first-order valence-corrected chi connectivity index (χ1v) is 4.98. The summed E-state index contributed by atoms with van der Waals surface area (Å²) in [5.74, 6) is 0.980. The highest BCUT2D eigenvalue weighted by Crippen LogP contribution is 2.26. The molecule has 2 N–H and O–H groups in total. The maximum Gasteiger partial charge on any atom is 0.136 e. The van der Waals surface area contributed by atoms with Gasteiger partial charge in [0.2, 0.25) is 0 Å². The highest BCUT2D eigenvalue weighted by Gasteiger charge is 2.07. The standard InChI is InChI=1S/C12H15N3/c1-15(2)12-11-9(6-7-14-12)4-3-5-10(11)8-13/h3-7H,8,13H2,1-2H3. The van der Waals surface area contributed by atoms with Crippen molar-refractivity contribution in [1.82, 2.24) is 4.98 Å². The van der Waals surface area contributed by atoms with Crippen molar-refractivity contribution in [3.8, 4) is 0 Å². The number of benzene rings is 1. The van der Waals surface area contributed by atoms with E-state index in [0.29, 0.717) is 6.54 Å². The maximum absolute atomic E-state index is 5.74. The van der Waals surface area contributed by atoms with E-state index in [-0.39, 0.29) is 0 Å². The number of aromatic nitrogens is 1. The number of rotatable bonds is 2. The van der Waals surface area contributed by atoms with Crippen molar-refractivity contribution in [3.05, 3.63) is 36.0 Å². The van der Waals surface area contributed by atoms with Gasteiger partial charge in [-0.1, -0.05) is 18.2 Å². The van der Waals surface area contributed by atoms with Gasteiger partial charge in [0.25, 0.3) is 0 Å². The summed E-state index contributed by atoms with van der Waals surface area (Å²) in [6.45, 7) is 0.546. The lowest BCUT2D eigenvalue weighted by atomic mass is 10.1. The molecule has 0 amide bonds. The van der Waals surface area contributed by atoms with Crippen LogP contribution in [-0.4, -0.2) is 19.1 Å². The first-order valence-electron chi connectivity index (χ1n) is 4.98. The molecule has 0 saturated carbocycles. The van der Waals surface area contributed by atoms with E-state index in [1.807, 2.05) is 37.3 Å². The van der Waals surface area contributed by atoms with Crippen molar-refractivity contribution in [3.63, 3.8) is 0 Å². The fourth-order valence-corrected chi connectivity index (χ4v) is 1.79. The van der Waals surface area contributed by atoms with Gasteiger partial charge in [0, 0.05) is 32.2 Å². The summed E-state index contributed by atoms with van der Waals surface area (Å²) in [5.41, 5.74) is 6.88. The molecule has 78 valence electrons. The van der Waals surface area contributed by atoms with Crippen LogP contribution in [0.4, 0.5) is 5.82 Å². The molecule has 0 atom stereocenters. The van der Waals surface area contributed by atoms with Crippen LogP contribution in [0.5, 0.6) is 0 Å². The second-order valence-corrected chi connectivity index (χ2v) is 3.75. The zero-order valence-electron chi connectivity index (χ0n) is 9.07. The summed E-state index contributed by atoms with van der Waals surface area (Å²) in [7, 11) is 3.99. The topological polar surface area (TPSA) is 42.2 Å². The van der Waals surface area contributed by atoms with Crippen molar-refractivity contribution in [2.45, 2.75) is 6.54 Å². The van der Waals surface area contributed by atoms with E-state index in [1.165, 1.54) is 5.39 Å². The van der Waals surface area contributed by atoms with Crippen molar-refractivity contribution in [2.24, 2.45) is 5.73 Å². The van der Waals surface area contributed by atoms with E-state index in [0.717, 1.165) is 16.8 Å². The minimum atomic E-state index is 0.546. The van der Waals surface area contributed by atoms with Crippen LogP contribution < -0.4 is 10.6 Å². The van der Waals surface area contributed by atoms with Gasteiger partial charge in [-0.3, -0.25) is 0 Å². The minimum Gasteiger partial charge on any atom is -0.362 e. The lowest BCUT2D eigenvalue weighted by molar-refractivity contribution is 1.06. The average molecular weight is 201 g/mol. The Morgan fingerprint density at radius 2 is 2.07 bits per heavy atom. The Balaban J connectivity index is 2.81. The Kier molecular flexibility index (Phi) is 2.56. The second kappa shape index (κ2) is 3.87. The monoisotopic (exact) mass is 201 g/mol. The Hall–Kier alpha value is -1.61. The summed E-state index contributed by atoms with van der Waals surface area (Å²) in [6.07, 6.45) is 1.83. The van der Waals surface area contributed by atoms with Crippen LogP contribution in [0, 0.1) is 0 Å². The van der Waals surface area contributed by atoms with Gasteiger partial charge in [-0.05, 0) is 17.0 Å². The summed E-state index contributed by atoms with van der Waals surface area (Å²) in [4.78, 5) is 6.40. The van der Waals surface area contributed by atoms with Crippen LogP contribution in [0.1, 0.15) is 5.56 Å². The van der Waals surface area contributed by atoms with Gasteiger partial charge >= 0.3 is 0 Å². The minimum absolute atomic E-state index is 0.546. The number of anilines is 1. The van der Waals surface area contributed by atoms with E-state index in [4.69, 9.17) is 5.73 Å². The number of pyridine rings is 1. The largest absolute Gasteiger partial charge is 0.362 e. The second-order valence-electron chi connectivity index (χ2n) is 3.75. The molecule has 1 aromatic heterocycles. The number of nitrogens with zero attached hydrogens (tertiary/aromatic N) is 2. The summed E-state index contributed by atoms with van der Waals surface area (Å²) in [5, 5.41) is 2.35. The third-order valence-corrected chi connectivity index (χ3v) is 2.50. The van der Waals surface area contributed by atoms with Crippen molar-refractivity contribution in [1.29, 1.82) is 0 Å². The van der Waals surface area contributed by atoms with Crippen LogP contribution in [0.15, 0.2) is 30.5 Å². The molecule has 0 aliphatic carbocycles. The van der Waals surface area contributed by atoms with Gasteiger partial charge in [-0.2, -0.15) is 0 Å². The van der Waals surface area contributed by atoms with Crippen LogP contribution in [0.3, 0.4) is 0 Å². The number of nitrogens with two attached hydrogens (primary N) is 1. The molecule has 0 spiro atoms. The molecule has 0 fully saturated rings. The van der Waals surface area contributed by atoms with E-state index in [9.17, 15) is 0 Å². The summed E-state index contributed by atoms with van der Waals surface area (Å²) < 4.78 is 0. The molecule has 0 unspecified atom stereocenters. The van der Waals surface area contributed by atoms with Gasteiger partial charge in [-0.15, -0.1) is 0 Å². The lowest BCUT2D eigenvalue weighted by Gasteiger charge is -2.15. The molecule has 0 bridgehead atoms. The highest BCUT2D eigenvalue weighted by molar-refractivity contribution is 5.94. The SMILES string of the molecule is CN(C)c1nccc2cccc(CN)c12. The molecule has 2 rings (SSSR count). The molecule has 0 aliphatic rings. The Morgan fingerprint density at radius 1 is 1.27 bits per heavy atom. The Labute approximate surface area is 89.5 Å². The predicted molar refractivity (Wildman–Crippen MR) is 64.0 cm³/mol. The third kappa shape index (κ3) is 1.66. The van der Waals surface area contributed by atoms with Gasteiger partial charge in [0.15, 0.2) is 0 Å². The molecule has 1 aromatic carbocycles. The predicted octanol–water partition coefficient (Wildman–Crippen LogP) is 1.76. The lowest BCUT2D eigenvalue weighted by Crippen LogP contribution is -2.12. The van der Waals surface area contributed by atoms with Crippen molar-refractivity contribution in [2.75, 3.05) is 19.0 Å². The first kappa shape index (κ1) is 9.93. The van der Waals surface area contributed by atoms with Crippen LogP contribution in [0.25, 0.3) is 10.8 Å². The van der Waals surface area contributed by atoms with Crippen LogP contribution in [0.2, 0.25) is 0 Å². The number of hydrogen-bond acceptors (Lipinski definition) is 3. The molecule has 0 saturated heterocycles. The van der Waals surface area contributed by atoms with Crippen molar-refractivity contribution >= 4 is 16.6 Å². The molecular formula is C12H15N3. The maximum atomic E-state index is 5.74. The van der Waals surface area contributed by atoms with E-state index in [2.05, 4.69) is 17.1 Å². The molecular weight excluding hydrogens is 186 g/mol. The molecule has 3 heteroatoms. The quantitative estimate of drug-likeness (QED) is 0.805. The molecule has 15 heavy (non-hydrogen) atoms.